The molecule has 3 amide bonds. The number of rotatable bonds is 3. The minimum absolute atomic E-state index is 0.245. The van der Waals surface area contributed by atoms with E-state index in [1.807, 2.05) is 5.32 Å². The normalized spacial score (nSPS) is 12.1. The Morgan fingerprint density at radius 2 is 2.00 bits per heavy atom. The molecular weight excluding hydrogens is 138 g/mol. The van der Waals surface area contributed by atoms with Crippen molar-refractivity contribution in [2.75, 3.05) is 6.54 Å². The molecule has 6 heteroatoms. The maximum absolute atomic E-state index is 10.1. The highest BCUT2D eigenvalue weighted by Gasteiger charge is 2.09. The predicted octanol–water partition coefficient (Wildman–Crippen LogP) is -2.50. The molecule has 0 bridgehead atoms. The summed E-state index contributed by atoms with van der Waals surface area (Å²) in [6.45, 7) is -0.245. The van der Waals surface area contributed by atoms with Gasteiger partial charge >= 0.3 is 6.03 Å². The first-order chi connectivity index (χ1) is 4.54. The van der Waals surface area contributed by atoms with Crippen molar-refractivity contribution in [1.82, 2.24) is 5.32 Å². The summed E-state index contributed by atoms with van der Waals surface area (Å²) in [5.41, 5.74) is 9.27. The van der Waals surface area contributed by atoms with Crippen molar-refractivity contribution in [3.63, 3.8) is 0 Å². The second-order valence-corrected chi connectivity index (χ2v) is 1.66. The number of primary amides is 2. The van der Waals surface area contributed by atoms with Crippen LogP contribution < -0.4 is 16.8 Å². The van der Waals surface area contributed by atoms with E-state index in [0.29, 0.717) is 0 Å². The largest absolute Gasteiger partial charge is 0.381 e. The SMILES string of the molecule is NC(=O)NCC(O)C(N)=O. The number of carbonyl (C=O) groups excluding carboxylic acids is 2. The lowest BCUT2D eigenvalue weighted by Crippen LogP contribution is -2.41. The molecule has 0 heterocycles. The zero-order valence-electron chi connectivity index (χ0n) is 5.20. The van der Waals surface area contributed by atoms with Crippen LogP contribution in [0.4, 0.5) is 4.79 Å². The first-order valence-corrected chi connectivity index (χ1v) is 2.54. The third-order valence-electron chi connectivity index (χ3n) is 0.798. The molecule has 58 valence electrons. The Kier molecular flexibility index (Phi) is 3.20. The standard InChI is InChI=1S/C4H9N3O3/c5-3(9)2(8)1-7-4(6)10/h2,8H,1H2,(H2,5,9)(H3,6,7,10). The molecule has 10 heavy (non-hydrogen) atoms. The molecule has 0 spiro atoms. The van der Waals surface area contributed by atoms with Crippen LogP contribution in [0.25, 0.3) is 0 Å². The summed E-state index contributed by atoms with van der Waals surface area (Å²) in [4.78, 5) is 20.1. The lowest BCUT2D eigenvalue weighted by molar-refractivity contribution is -0.125. The summed E-state index contributed by atoms with van der Waals surface area (Å²) in [5, 5.41) is 10.6. The van der Waals surface area contributed by atoms with Crippen molar-refractivity contribution in [3.8, 4) is 0 Å². The molecule has 0 aliphatic carbocycles. The number of nitrogens with two attached hydrogens (primary N) is 2. The number of hydrogen-bond acceptors (Lipinski definition) is 3. The average molecular weight is 147 g/mol. The van der Waals surface area contributed by atoms with Crippen molar-refractivity contribution < 1.29 is 14.7 Å². The summed E-state index contributed by atoms with van der Waals surface area (Å²) in [7, 11) is 0. The molecule has 1 unspecified atom stereocenters. The van der Waals surface area contributed by atoms with E-state index in [-0.39, 0.29) is 6.54 Å². The number of urea groups is 1. The zero-order chi connectivity index (χ0) is 8.15. The van der Waals surface area contributed by atoms with Crippen molar-refractivity contribution >= 4 is 11.9 Å². The van der Waals surface area contributed by atoms with Crippen molar-refractivity contribution in [2.24, 2.45) is 11.5 Å². The topological polar surface area (TPSA) is 118 Å². The van der Waals surface area contributed by atoms with Gasteiger partial charge in [0.1, 0.15) is 6.10 Å². The van der Waals surface area contributed by atoms with Gasteiger partial charge in [0.2, 0.25) is 5.91 Å². The number of carbonyl (C=O) groups is 2. The Labute approximate surface area is 57.2 Å². The Morgan fingerprint density at radius 3 is 2.30 bits per heavy atom. The average Bonchev–Trinajstić information content (AvgIpc) is 1.82. The van der Waals surface area contributed by atoms with E-state index in [9.17, 15) is 9.59 Å². The Balaban J connectivity index is 3.49. The van der Waals surface area contributed by atoms with Crippen LogP contribution in [0.2, 0.25) is 0 Å². The zero-order valence-corrected chi connectivity index (χ0v) is 5.20. The lowest BCUT2D eigenvalue weighted by atomic mass is 10.3. The van der Waals surface area contributed by atoms with Crippen molar-refractivity contribution in [1.29, 1.82) is 0 Å². The second-order valence-electron chi connectivity index (χ2n) is 1.66. The number of hydrogen-bond donors (Lipinski definition) is 4. The molecule has 1 atom stereocenters. The molecular formula is C4H9N3O3. The summed E-state index contributed by atoms with van der Waals surface area (Å²) < 4.78 is 0. The molecule has 0 fully saturated rings. The summed E-state index contributed by atoms with van der Waals surface area (Å²) in [5.74, 6) is -0.895. The molecule has 0 aromatic carbocycles. The van der Waals surface area contributed by atoms with Crippen LogP contribution in [-0.2, 0) is 4.79 Å². The Bertz CT molecular complexity index is 147. The smallest absolute Gasteiger partial charge is 0.312 e. The monoisotopic (exact) mass is 147 g/mol. The van der Waals surface area contributed by atoms with Gasteiger partial charge in [0.25, 0.3) is 0 Å². The number of aliphatic hydroxyl groups excluding tert-OH is 1. The Morgan fingerprint density at radius 1 is 1.50 bits per heavy atom. The van der Waals surface area contributed by atoms with Gasteiger partial charge in [-0.2, -0.15) is 0 Å². The van der Waals surface area contributed by atoms with Crippen molar-refractivity contribution in [2.45, 2.75) is 6.10 Å². The fourth-order valence-corrected chi connectivity index (χ4v) is 0.298. The van der Waals surface area contributed by atoms with Gasteiger partial charge in [-0.1, -0.05) is 0 Å². The van der Waals surface area contributed by atoms with Gasteiger partial charge in [-0.25, -0.2) is 4.79 Å². The predicted molar refractivity (Wildman–Crippen MR) is 32.8 cm³/mol. The first-order valence-electron chi connectivity index (χ1n) is 2.54. The highest BCUT2D eigenvalue weighted by molar-refractivity contribution is 5.80. The fourth-order valence-electron chi connectivity index (χ4n) is 0.298. The molecule has 0 saturated carbocycles. The van der Waals surface area contributed by atoms with E-state index in [1.54, 1.807) is 0 Å². The van der Waals surface area contributed by atoms with E-state index in [1.165, 1.54) is 0 Å². The number of nitrogens with one attached hydrogen (secondary N) is 1. The third-order valence-corrected chi connectivity index (χ3v) is 0.798. The molecule has 0 saturated heterocycles. The molecule has 6 nitrogen and oxygen atoms in total. The summed E-state index contributed by atoms with van der Waals surface area (Å²) in [6, 6.07) is -0.805. The van der Waals surface area contributed by atoms with Gasteiger partial charge in [0.05, 0.1) is 6.54 Å². The fraction of sp³-hybridized carbons (Fsp3) is 0.500. The van der Waals surface area contributed by atoms with Crippen LogP contribution in [0.15, 0.2) is 0 Å². The van der Waals surface area contributed by atoms with Crippen LogP contribution in [0.5, 0.6) is 0 Å². The molecule has 0 aromatic rings. The first kappa shape index (κ1) is 8.70. The minimum atomic E-state index is -1.37. The summed E-state index contributed by atoms with van der Waals surface area (Å²) in [6.07, 6.45) is -1.37. The van der Waals surface area contributed by atoms with Gasteiger partial charge in [0.15, 0.2) is 0 Å². The maximum atomic E-state index is 10.1. The quantitative estimate of drug-likeness (QED) is 0.353. The van der Waals surface area contributed by atoms with Gasteiger partial charge in [-0.05, 0) is 0 Å². The number of aliphatic hydroxyl groups is 1. The van der Waals surface area contributed by atoms with E-state index in [4.69, 9.17) is 5.11 Å². The van der Waals surface area contributed by atoms with Gasteiger partial charge in [0, 0.05) is 0 Å². The second kappa shape index (κ2) is 3.67. The van der Waals surface area contributed by atoms with Crippen LogP contribution >= 0.6 is 0 Å². The van der Waals surface area contributed by atoms with Gasteiger partial charge < -0.3 is 21.9 Å². The number of amides is 3. The van der Waals surface area contributed by atoms with E-state index in [0.717, 1.165) is 0 Å². The highest BCUT2D eigenvalue weighted by Crippen LogP contribution is 1.75. The molecule has 0 radical (unpaired) electrons. The van der Waals surface area contributed by atoms with Crippen LogP contribution in [0, 0.1) is 0 Å². The van der Waals surface area contributed by atoms with E-state index < -0.39 is 18.0 Å². The Hall–Kier alpha value is -1.30. The summed E-state index contributed by atoms with van der Waals surface area (Å²) >= 11 is 0. The molecule has 0 rings (SSSR count). The molecule has 0 aliphatic rings. The van der Waals surface area contributed by atoms with Crippen LogP contribution in [0.3, 0.4) is 0 Å². The van der Waals surface area contributed by atoms with E-state index in [2.05, 4.69) is 11.5 Å². The van der Waals surface area contributed by atoms with Crippen LogP contribution in [0.1, 0.15) is 0 Å². The van der Waals surface area contributed by atoms with Crippen molar-refractivity contribution in [3.05, 3.63) is 0 Å². The molecule has 0 aliphatic heterocycles. The lowest BCUT2D eigenvalue weighted by Gasteiger charge is -2.04. The molecule has 0 aromatic heterocycles. The van der Waals surface area contributed by atoms with Gasteiger partial charge in [-0.15, -0.1) is 0 Å². The van der Waals surface area contributed by atoms with Gasteiger partial charge in [-0.3, -0.25) is 4.79 Å². The highest BCUT2D eigenvalue weighted by atomic mass is 16.3. The van der Waals surface area contributed by atoms with Crippen LogP contribution in [-0.4, -0.2) is 29.7 Å². The minimum Gasteiger partial charge on any atom is -0.381 e. The van der Waals surface area contributed by atoms with E-state index >= 15 is 0 Å². The molecule has 6 N–H and O–H groups in total. The maximum Gasteiger partial charge on any atom is 0.312 e. The third kappa shape index (κ3) is 3.67.